The van der Waals surface area contributed by atoms with Crippen LogP contribution in [0.15, 0.2) is 24.5 Å². The molecule has 104 valence electrons. The van der Waals surface area contributed by atoms with Gasteiger partial charge < -0.3 is 5.73 Å². The lowest BCUT2D eigenvalue weighted by Crippen LogP contribution is -2.41. The van der Waals surface area contributed by atoms with Crippen molar-refractivity contribution in [3.63, 3.8) is 0 Å². The summed E-state index contributed by atoms with van der Waals surface area (Å²) in [4.78, 5) is 6.91. The van der Waals surface area contributed by atoms with Crippen LogP contribution in [0.3, 0.4) is 0 Å². The predicted octanol–water partition coefficient (Wildman–Crippen LogP) is 2.59. The van der Waals surface area contributed by atoms with Gasteiger partial charge in [-0.25, -0.2) is 0 Å². The maximum Gasteiger partial charge on any atom is 0.0511 e. The predicted molar refractivity (Wildman–Crippen MR) is 77.6 cm³/mol. The van der Waals surface area contributed by atoms with Gasteiger partial charge in [-0.15, -0.1) is 0 Å². The van der Waals surface area contributed by atoms with Crippen molar-refractivity contribution in [3.05, 3.63) is 30.1 Å². The minimum Gasteiger partial charge on any atom is -0.326 e. The van der Waals surface area contributed by atoms with Crippen LogP contribution in [-0.4, -0.2) is 29.0 Å². The summed E-state index contributed by atoms with van der Waals surface area (Å²) in [7, 11) is 0. The summed E-state index contributed by atoms with van der Waals surface area (Å²) in [6, 6.07) is 4.68. The highest BCUT2D eigenvalue weighted by atomic mass is 15.2. The molecule has 1 heterocycles. The number of rotatable bonds is 7. The molecule has 2 aliphatic carbocycles. The summed E-state index contributed by atoms with van der Waals surface area (Å²) >= 11 is 0. The molecule has 2 fully saturated rings. The first-order valence-electron chi connectivity index (χ1n) is 7.63. The third-order valence-electron chi connectivity index (χ3n) is 4.30. The van der Waals surface area contributed by atoms with Gasteiger partial charge in [0.15, 0.2) is 0 Å². The van der Waals surface area contributed by atoms with Crippen molar-refractivity contribution in [1.82, 2.24) is 9.88 Å². The molecule has 1 aromatic rings. The molecule has 0 spiro atoms. The monoisotopic (exact) mass is 259 g/mol. The van der Waals surface area contributed by atoms with Crippen LogP contribution in [0.5, 0.6) is 0 Å². The average molecular weight is 259 g/mol. The van der Waals surface area contributed by atoms with Crippen LogP contribution >= 0.6 is 0 Å². The van der Waals surface area contributed by atoms with Crippen LogP contribution in [0, 0.1) is 11.8 Å². The van der Waals surface area contributed by atoms with E-state index < -0.39 is 0 Å². The molecule has 19 heavy (non-hydrogen) atoms. The second-order valence-corrected chi connectivity index (χ2v) is 6.43. The lowest BCUT2D eigenvalue weighted by atomic mass is 10.00. The third kappa shape index (κ3) is 3.54. The van der Waals surface area contributed by atoms with E-state index in [0.29, 0.717) is 6.04 Å². The summed E-state index contributed by atoms with van der Waals surface area (Å²) in [6.07, 6.45) is 9.44. The van der Waals surface area contributed by atoms with Gasteiger partial charge in [-0.1, -0.05) is 6.07 Å². The molecule has 3 heteroatoms. The Morgan fingerprint density at radius 2 is 1.89 bits per heavy atom. The lowest BCUT2D eigenvalue weighted by Gasteiger charge is -2.34. The Morgan fingerprint density at radius 3 is 2.32 bits per heavy atom. The fraction of sp³-hybridized carbons (Fsp3) is 0.688. The van der Waals surface area contributed by atoms with Gasteiger partial charge in [0.1, 0.15) is 0 Å². The van der Waals surface area contributed by atoms with Crippen molar-refractivity contribution in [1.29, 1.82) is 0 Å². The molecule has 0 aromatic carbocycles. The van der Waals surface area contributed by atoms with Crippen LogP contribution in [0.1, 0.15) is 44.2 Å². The number of hydrogen-bond acceptors (Lipinski definition) is 3. The van der Waals surface area contributed by atoms with E-state index in [9.17, 15) is 0 Å². The van der Waals surface area contributed by atoms with Gasteiger partial charge in [0.25, 0.3) is 0 Å². The first-order chi connectivity index (χ1) is 9.24. The lowest BCUT2D eigenvalue weighted by molar-refractivity contribution is 0.161. The molecule has 0 amide bonds. The molecule has 0 saturated heterocycles. The van der Waals surface area contributed by atoms with E-state index in [0.717, 1.165) is 11.8 Å². The normalized spacial score (nSPS) is 22.5. The highest BCUT2D eigenvalue weighted by molar-refractivity contribution is 5.16. The van der Waals surface area contributed by atoms with E-state index in [1.165, 1.54) is 44.3 Å². The van der Waals surface area contributed by atoms with Gasteiger partial charge in [0.05, 0.1) is 6.04 Å². The fourth-order valence-corrected chi connectivity index (χ4v) is 2.96. The van der Waals surface area contributed by atoms with Gasteiger partial charge in [0.2, 0.25) is 0 Å². The molecular formula is C16H25N3. The van der Waals surface area contributed by atoms with E-state index in [2.05, 4.69) is 22.9 Å². The van der Waals surface area contributed by atoms with Crippen molar-refractivity contribution >= 4 is 0 Å². The molecule has 3 nitrogen and oxygen atoms in total. The maximum absolute atomic E-state index is 6.29. The molecule has 2 N–H and O–H groups in total. The highest BCUT2D eigenvalue weighted by Crippen LogP contribution is 2.37. The molecule has 2 unspecified atom stereocenters. The second-order valence-electron chi connectivity index (χ2n) is 6.43. The Balaban J connectivity index is 1.77. The zero-order valence-electron chi connectivity index (χ0n) is 11.8. The van der Waals surface area contributed by atoms with Gasteiger partial charge in [0, 0.05) is 31.5 Å². The third-order valence-corrected chi connectivity index (χ3v) is 4.30. The second kappa shape index (κ2) is 5.59. The highest BCUT2D eigenvalue weighted by Gasteiger charge is 2.34. The van der Waals surface area contributed by atoms with Crippen molar-refractivity contribution < 1.29 is 0 Å². The van der Waals surface area contributed by atoms with Gasteiger partial charge >= 0.3 is 0 Å². The van der Waals surface area contributed by atoms with Crippen LogP contribution in [0.4, 0.5) is 0 Å². The quantitative estimate of drug-likeness (QED) is 0.818. The standard InChI is InChI=1S/C16H25N3/c1-12(17)16(15-3-2-8-18-9-15)19(10-13-4-5-13)11-14-6-7-14/h2-3,8-9,12-14,16H,4-7,10-11,17H2,1H3. The molecule has 0 bridgehead atoms. The molecule has 2 aliphatic rings. The summed E-state index contributed by atoms with van der Waals surface area (Å²) in [5.41, 5.74) is 7.57. The number of nitrogens with zero attached hydrogens (tertiary/aromatic N) is 2. The zero-order valence-corrected chi connectivity index (χ0v) is 11.8. The molecule has 2 saturated carbocycles. The van der Waals surface area contributed by atoms with Gasteiger partial charge in [-0.05, 0) is 56.1 Å². The smallest absolute Gasteiger partial charge is 0.0511 e. The van der Waals surface area contributed by atoms with E-state index in [-0.39, 0.29) is 6.04 Å². The Hall–Kier alpha value is -0.930. The van der Waals surface area contributed by atoms with Crippen LogP contribution in [0.25, 0.3) is 0 Å². The molecule has 0 aliphatic heterocycles. The number of hydrogen-bond donors (Lipinski definition) is 1. The molecular weight excluding hydrogens is 234 g/mol. The van der Waals surface area contributed by atoms with Crippen molar-refractivity contribution in [3.8, 4) is 0 Å². The molecule has 3 rings (SSSR count). The SMILES string of the molecule is CC(N)C(c1cccnc1)N(CC1CC1)CC1CC1. The Morgan fingerprint density at radius 1 is 1.26 bits per heavy atom. The Labute approximate surface area is 116 Å². The van der Waals surface area contributed by atoms with Crippen molar-refractivity contribution in [2.24, 2.45) is 17.6 Å². The summed E-state index contributed by atoms with van der Waals surface area (Å²) in [6.45, 7) is 4.57. The number of pyridine rings is 1. The van der Waals surface area contributed by atoms with Crippen LogP contribution < -0.4 is 5.73 Å². The summed E-state index contributed by atoms with van der Waals surface area (Å²) in [5.74, 6) is 1.83. The minimum atomic E-state index is 0.154. The van der Waals surface area contributed by atoms with Crippen LogP contribution in [0.2, 0.25) is 0 Å². The Bertz CT molecular complexity index is 382. The number of nitrogens with two attached hydrogens (primary N) is 1. The van der Waals surface area contributed by atoms with Gasteiger partial charge in [-0.2, -0.15) is 0 Å². The van der Waals surface area contributed by atoms with E-state index >= 15 is 0 Å². The molecule has 0 radical (unpaired) electrons. The summed E-state index contributed by atoms with van der Waals surface area (Å²) in [5, 5.41) is 0. The first-order valence-corrected chi connectivity index (χ1v) is 7.63. The zero-order chi connectivity index (χ0) is 13.2. The Kier molecular flexibility index (Phi) is 3.85. The number of aromatic nitrogens is 1. The van der Waals surface area contributed by atoms with E-state index in [1.54, 1.807) is 0 Å². The molecule has 1 aromatic heterocycles. The maximum atomic E-state index is 6.29. The van der Waals surface area contributed by atoms with Crippen molar-refractivity contribution in [2.45, 2.75) is 44.7 Å². The summed E-state index contributed by atoms with van der Waals surface area (Å²) < 4.78 is 0. The minimum absolute atomic E-state index is 0.154. The largest absolute Gasteiger partial charge is 0.326 e. The first kappa shape index (κ1) is 13.1. The van der Waals surface area contributed by atoms with Crippen LogP contribution in [-0.2, 0) is 0 Å². The molecule has 2 atom stereocenters. The fourth-order valence-electron chi connectivity index (χ4n) is 2.96. The van der Waals surface area contributed by atoms with Crippen molar-refractivity contribution in [2.75, 3.05) is 13.1 Å². The topological polar surface area (TPSA) is 42.1 Å². The average Bonchev–Trinajstić information content (AvgIpc) is 3.26. The van der Waals surface area contributed by atoms with Gasteiger partial charge in [-0.3, -0.25) is 9.88 Å². The van der Waals surface area contributed by atoms with E-state index in [1.807, 2.05) is 18.5 Å². The van der Waals surface area contributed by atoms with E-state index in [4.69, 9.17) is 5.73 Å².